The lowest BCUT2D eigenvalue weighted by atomic mass is 9.66. The van der Waals surface area contributed by atoms with E-state index in [4.69, 9.17) is 16.6 Å². The van der Waals surface area contributed by atoms with Gasteiger partial charge in [-0.05, 0) is 108 Å². The van der Waals surface area contributed by atoms with Gasteiger partial charge in [0.2, 0.25) is 10.0 Å². The summed E-state index contributed by atoms with van der Waals surface area (Å²) in [6, 6.07) is 18.4. The Morgan fingerprint density at radius 2 is 1.18 bits per heavy atom. The minimum atomic E-state index is -4.02. The molecule has 0 saturated carbocycles. The van der Waals surface area contributed by atoms with Gasteiger partial charge in [-0.15, -0.1) is 0 Å². The molecule has 1 aliphatic carbocycles. The van der Waals surface area contributed by atoms with Crippen molar-refractivity contribution in [3.05, 3.63) is 105 Å². The lowest BCUT2D eigenvalue weighted by Gasteiger charge is -2.35. The van der Waals surface area contributed by atoms with Crippen molar-refractivity contribution in [1.29, 1.82) is 0 Å². The summed E-state index contributed by atoms with van der Waals surface area (Å²) in [5.74, 6) is 0. The van der Waals surface area contributed by atoms with Crippen LogP contribution in [0.4, 0.5) is 17.1 Å². The van der Waals surface area contributed by atoms with Crippen LogP contribution in [0.5, 0.6) is 0 Å². The van der Waals surface area contributed by atoms with Crippen molar-refractivity contribution in [2.45, 2.75) is 38.0 Å². The summed E-state index contributed by atoms with van der Waals surface area (Å²) in [5.41, 5.74) is 21.9. The van der Waals surface area contributed by atoms with E-state index in [1.165, 1.54) is 6.07 Å². The standard InChI is InChI=1S/C29H30N4O4S2/c1-15-9-19(10-16(2)27(15)30)29(20-11-17(3)28(31)18(4)12-20)25-13-21(33-38(34)35)5-7-23(25)24-8-6-22(14-26(24)29)39(32,36)37/h5-14,33H,30-31H2,1-4H3,(H,34,35)(H2,32,36,37). The largest absolute Gasteiger partial charge is 0.398 e. The Hall–Kier alpha value is -3.70. The van der Waals surface area contributed by atoms with Gasteiger partial charge in [-0.1, -0.05) is 36.4 Å². The summed E-state index contributed by atoms with van der Waals surface area (Å²) in [5, 5.41) is 5.60. The van der Waals surface area contributed by atoms with Gasteiger partial charge in [0.1, 0.15) is 0 Å². The van der Waals surface area contributed by atoms with Gasteiger partial charge in [0.15, 0.2) is 0 Å². The van der Waals surface area contributed by atoms with Gasteiger partial charge in [-0.2, -0.15) is 0 Å². The number of anilines is 3. The van der Waals surface area contributed by atoms with Crippen LogP contribution in [0.3, 0.4) is 0 Å². The zero-order valence-electron chi connectivity index (χ0n) is 22.0. The fourth-order valence-corrected chi connectivity index (χ4v) is 6.68. The number of nitrogens with two attached hydrogens (primary N) is 3. The van der Waals surface area contributed by atoms with E-state index in [-0.39, 0.29) is 4.90 Å². The van der Waals surface area contributed by atoms with E-state index in [2.05, 4.69) is 4.72 Å². The molecule has 8 nitrogen and oxygen atoms in total. The summed E-state index contributed by atoms with van der Waals surface area (Å²) < 4.78 is 48.9. The number of rotatable bonds is 5. The molecule has 8 N–H and O–H groups in total. The van der Waals surface area contributed by atoms with Gasteiger partial charge in [0, 0.05) is 17.1 Å². The maximum absolute atomic E-state index is 12.5. The van der Waals surface area contributed by atoms with Crippen molar-refractivity contribution < 1.29 is 17.2 Å². The molecule has 1 atom stereocenters. The maximum Gasteiger partial charge on any atom is 0.259 e. The highest BCUT2D eigenvalue weighted by Gasteiger charge is 2.47. The predicted octanol–water partition coefficient (Wildman–Crippen LogP) is 4.64. The van der Waals surface area contributed by atoms with Crippen LogP contribution in [-0.2, 0) is 26.7 Å². The van der Waals surface area contributed by atoms with E-state index in [0.717, 1.165) is 55.6 Å². The lowest BCUT2D eigenvalue weighted by Crippen LogP contribution is -2.30. The second kappa shape index (κ2) is 9.20. The van der Waals surface area contributed by atoms with Gasteiger partial charge in [-0.3, -0.25) is 9.27 Å². The summed E-state index contributed by atoms with van der Waals surface area (Å²) in [7, 11) is -4.02. The van der Waals surface area contributed by atoms with Crippen molar-refractivity contribution in [2.75, 3.05) is 16.2 Å². The highest BCUT2D eigenvalue weighted by molar-refractivity contribution is 7.89. The van der Waals surface area contributed by atoms with Crippen LogP contribution >= 0.6 is 0 Å². The first kappa shape index (κ1) is 26.9. The summed E-state index contributed by atoms with van der Waals surface area (Å²) in [6.07, 6.45) is 0. The lowest BCUT2D eigenvalue weighted by molar-refractivity contribution is 0.570. The van der Waals surface area contributed by atoms with Crippen molar-refractivity contribution >= 4 is 38.4 Å². The van der Waals surface area contributed by atoms with Crippen molar-refractivity contribution in [3.8, 4) is 11.1 Å². The molecular formula is C29H30N4O4S2. The van der Waals surface area contributed by atoms with Crippen LogP contribution in [-0.4, -0.2) is 17.2 Å². The minimum Gasteiger partial charge on any atom is -0.398 e. The van der Waals surface area contributed by atoms with Crippen LogP contribution in [0.1, 0.15) is 44.5 Å². The number of benzene rings is 4. The number of aryl methyl sites for hydroxylation is 4. The fraction of sp³-hybridized carbons (Fsp3) is 0.172. The van der Waals surface area contributed by atoms with Crippen molar-refractivity contribution in [2.24, 2.45) is 5.14 Å². The van der Waals surface area contributed by atoms with Crippen LogP contribution in [0.25, 0.3) is 11.1 Å². The summed E-state index contributed by atoms with van der Waals surface area (Å²) in [4.78, 5) is -0.0129. The minimum absolute atomic E-state index is 0.0129. The highest BCUT2D eigenvalue weighted by atomic mass is 32.2. The first-order valence-corrected chi connectivity index (χ1v) is 14.8. The Balaban J connectivity index is 2.03. The molecule has 0 spiro atoms. The third-order valence-electron chi connectivity index (χ3n) is 7.70. The van der Waals surface area contributed by atoms with E-state index in [1.54, 1.807) is 18.2 Å². The average Bonchev–Trinajstić information content (AvgIpc) is 3.14. The monoisotopic (exact) mass is 562 g/mol. The number of hydrogen-bond acceptors (Lipinski definition) is 5. The van der Waals surface area contributed by atoms with E-state index >= 15 is 0 Å². The molecule has 0 radical (unpaired) electrons. The zero-order valence-corrected chi connectivity index (χ0v) is 23.6. The van der Waals surface area contributed by atoms with E-state index in [0.29, 0.717) is 17.1 Å². The van der Waals surface area contributed by atoms with Crippen LogP contribution in [0.2, 0.25) is 0 Å². The fourth-order valence-electron chi connectivity index (χ4n) is 5.82. The molecule has 202 valence electrons. The van der Waals surface area contributed by atoms with E-state index < -0.39 is 26.7 Å². The number of nitrogens with one attached hydrogen (secondary N) is 1. The molecule has 0 aliphatic heterocycles. The highest BCUT2D eigenvalue weighted by Crippen LogP contribution is 2.58. The molecular weight excluding hydrogens is 532 g/mol. The average molecular weight is 563 g/mol. The molecule has 39 heavy (non-hydrogen) atoms. The second-order valence-electron chi connectivity index (χ2n) is 10.2. The van der Waals surface area contributed by atoms with Crippen LogP contribution in [0, 0.1) is 27.7 Å². The van der Waals surface area contributed by atoms with Gasteiger partial charge < -0.3 is 11.5 Å². The molecule has 1 aliphatic rings. The third kappa shape index (κ3) is 4.20. The summed E-state index contributed by atoms with van der Waals surface area (Å²) >= 11 is -2.29. The van der Waals surface area contributed by atoms with Crippen molar-refractivity contribution in [3.63, 3.8) is 0 Å². The zero-order chi connectivity index (χ0) is 28.4. The Morgan fingerprint density at radius 1 is 0.744 bits per heavy atom. The van der Waals surface area contributed by atoms with E-state index in [9.17, 15) is 17.2 Å². The van der Waals surface area contributed by atoms with Crippen LogP contribution < -0.4 is 21.3 Å². The van der Waals surface area contributed by atoms with Gasteiger partial charge in [0.05, 0.1) is 10.3 Å². The first-order chi connectivity index (χ1) is 18.2. The smallest absolute Gasteiger partial charge is 0.259 e. The van der Waals surface area contributed by atoms with Gasteiger partial charge in [-0.25, -0.2) is 17.8 Å². The Morgan fingerprint density at radius 3 is 1.62 bits per heavy atom. The Kier molecular flexibility index (Phi) is 6.34. The molecule has 0 amide bonds. The quantitative estimate of drug-likeness (QED) is 0.155. The van der Waals surface area contributed by atoms with Crippen molar-refractivity contribution in [1.82, 2.24) is 0 Å². The molecule has 5 rings (SSSR count). The molecule has 10 heteroatoms. The molecule has 4 aromatic carbocycles. The normalized spacial score (nSPS) is 14.5. The van der Waals surface area contributed by atoms with E-state index in [1.807, 2.05) is 64.1 Å². The Bertz CT molecular complexity index is 1710. The number of primary sulfonamides is 1. The topological polar surface area (TPSA) is 162 Å². The number of fused-ring (bicyclic) bond motifs is 3. The molecule has 0 saturated heterocycles. The molecule has 0 fully saturated rings. The molecule has 0 bridgehead atoms. The SMILES string of the molecule is Cc1cc(C2(c3cc(C)c(N)c(C)c3)c3cc(NS(=O)O)ccc3-c3ccc(S(N)(=O)=O)cc32)cc(C)c1N. The molecule has 4 aromatic rings. The number of hydrogen-bond donors (Lipinski definition) is 5. The third-order valence-corrected chi connectivity index (χ3v) is 9.02. The molecule has 1 unspecified atom stereocenters. The first-order valence-electron chi connectivity index (χ1n) is 12.2. The Labute approximate surface area is 230 Å². The second-order valence-corrected chi connectivity index (χ2v) is 12.4. The van der Waals surface area contributed by atoms with Gasteiger partial charge in [0.25, 0.3) is 11.3 Å². The molecule has 0 aromatic heterocycles. The van der Waals surface area contributed by atoms with Crippen LogP contribution in [0.15, 0.2) is 65.6 Å². The number of sulfonamides is 1. The predicted molar refractivity (Wildman–Crippen MR) is 157 cm³/mol. The summed E-state index contributed by atoms with van der Waals surface area (Å²) in [6.45, 7) is 7.74. The maximum atomic E-state index is 12.5. The van der Waals surface area contributed by atoms with Gasteiger partial charge >= 0.3 is 0 Å². The number of nitrogen functional groups attached to an aromatic ring is 2. The molecule has 0 heterocycles.